The number of nitrogens with zero attached hydrogens (tertiary/aromatic N) is 2. The van der Waals surface area contributed by atoms with Crippen molar-refractivity contribution >= 4 is 17.7 Å². The van der Waals surface area contributed by atoms with Crippen LogP contribution in [0.25, 0.3) is 11.4 Å². The summed E-state index contributed by atoms with van der Waals surface area (Å²) in [5.41, 5.74) is 3.11. The van der Waals surface area contributed by atoms with Crippen molar-refractivity contribution in [3.8, 4) is 11.4 Å². The number of anilines is 1. The molecule has 172 valence electrons. The van der Waals surface area contributed by atoms with Crippen LogP contribution in [0.3, 0.4) is 0 Å². The molecule has 0 aliphatic rings. The van der Waals surface area contributed by atoms with Gasteiger partial charge in [0.15, 0.2) is 5.82 Å². The molecule has 0 radical (unpaired) electrons. The van der Waals surface area contributed by atoms with Crippen molar-refractivity contribution in [2.24, 2.45) is 0 Å². The zero-order valence-electron chi connectivity index (χ0n) is 18.7. The first-order chi connectivity index (χ1) is 16.6. The van der Waals surface area contributed by atoms with Gasteiger partial charge in [-0.15, -0.1) is 0 Å². The number of carbonyl (C=O) groups excluding carboxylic acids is 2. The van der Waals surface area contributed by atoms with Gasteiger partial charge in [0.25, 0.3) is 0 Å². The molecule has 1 heterocycles. The van der Waals surface area contributed by atoms with E-state index in [1.54, 1.807) is 12.1 Å². The lowest BCUT2D eigenvalue weighted by atomic mass is 10.1. The zero-order chi connectivity index (χ0) is 23.8. The van der Waals surface area contributed by atoms with Crippen LogP contribution in [0.5, 0.6) is 0 Å². The first kappa shape index (κ1) is 22.7. The highest BCUT2D eigenvalue weighted by atomic mass is 16.5. The van der Waals surface area contributed by atoms with Gasteiger partial charge in [-0.05, 0) is 30.2 Å². The van der Waals surface area contributed by atoms with Crippen LogP contribution < -0.4 is 10.6 Å². The maximum Gasteiger partial charge on any atom is 0.408 e. The Morgan fingerprint density at radius 3 is 2.32 bits per heavy atom. The SMILES string of the molecule is Cc1nc(-c2cccc(NC(=O)[C@H](Cc3ccccc3)NC(=O)OCc3ccccc3)c2)n[nH]1. The Hall–Kier alpha value is -4.46. The van der Waals surface area contributed by atoms with E-state index < -0.39 is 12.1 Å². The Labute approximate surface area is 197 Å². The highest BCUT2D eigenvalue weighted by Crippen LogP contribution is 2.19. The quantitative estimate of drug-likeness (QED) is 0.368. The molecule has 0 bridgehead atoms. The third-order valence-corrected chi connectivity index (χ3v) is 5.09. The Bertz CT molecular complexity index is 1240. The molecule has 0 saturated heterocycles. The first-order valence-electron chi connectivity index (χ1n) is 10.9. The number of aryl methyl sites for hydroxylation is 1. The predicted molar refractivity (Wildman–Crippen MR) is 129 cm³/mol. The van der Waals surface area contributed by atoms with Gasteiger partial charge < -0.3 is 15.4 Å². The second-order valence-electron chi connectivity index (χ2n) is 7.76. The molecule has 0 unspecified atom stereocenters. The monoisotopic (exact) mass is 455 g/mol. The molecule has 8 heteroatoms. The number of benzene rings is 3. The Kier molecular flexibility index (Phi) is 7.29. The molecule has 1 atom stereocenters. The van der Waals surface area contributed by atoms with Crippen molar-refractivity contribution in [3.63, 3.8) is 0 Å². The minimum Gasteiger partial charge on any atom is -0.445 e. The average Bonchev–Trinajstić information content (AvgIpc) is 3.30. The minimum atomic E-state index is -0.833. The number of H-pyrrole nitrogens is 1. The number of aromatic nitrogens is 3. The lowest BCUT2D eigenvalue weighted by Gasteiger charge is -2.19. The molecule has 3 N–H and O–H groups in total. The van der Waals surface area contributed by atoms with Crippen molar-refractivity contribution in [2.75, 3.05) is 5.32 Å². The molecule has 0 aliphatic carbocycles. The fourth-order valence-electron chi connectivity index (χ4n) is 3.40. The van der Waals surface area contributed by atoms with Crippen LogP contribution in [0.15, 0.2) is 84.9 Å². The largest absolute Gasteiger partial charge is 0.445 e. The van der Waals surface area contributed by atoms with E-state index in [1.807, 2.05) is 79.7 Å². The summed E-state index contributed by atoms with van der Waals surface area (Å²) in [5, 5.41) is 12.6. The normalized spacial score (nSPS) is 11.4. The van der Waals surface area contributed by atoms with E-state index in [1.165, 1.54) is 0 Å². The number of rotatable bonds is 8. The summed E-state index contributed by atoms with van der Waals surface area (Å²) in [6, 6.07) is 25.2. The zero-order valence-corrected chi connectivity index (χ0v) is 18.7. The third-order valence-electron chi connectivity index (χ3n) is 5.09. The van der Waals surface area contributed by atoms with Crippen molar-refractivity contribution in [3.05, 3.63) is 102 Å². The topological polar surface area (TPSA) is 109 Å². The average molecular weight is 456 g/mol. The Balaban J connectivity index is 1.45. The molecule has 8 nitrogen and oxygen atoms in total. The summed E-state index contributed by atoms with van der Waals surface area (Å²) in [6.45, 7) is 1.93. The van der Waals surface area contributed by atoms with Gasteiger partial charge in [-0.2, -0.15) is 5.10 Å². The van der Waals surface area contributed by atoms with Crippen LogP contribution in [-0.4, -0.2) is 33.2 Å². The summed E-state index contributed by atoms with van der Waals surface area (Å²) < 4.78 is 5.33. The van der Waals surface area contributed by atoms with Crippen molar-refractivity contribution in [2.45, 2.75) is 26.0 Å². The molecular weight excluding hydrogens is 430 g/mol. The third kappa shape index (κ3) is 6.29. The van der Waals surface area contributed by atoms with E-state index in [0.29, 0.717) is 23.8 Å². The first-order valence-corrected chi connectivity index (χ1v) is 10.9. The Morgan fingerprint density at radius 2 is 1.65 bits per heavy atom. The van der Waals surface area contributed by atoms with Crippen LogP contribution in [-0.2, 0) is 22.6 Å². The number of hydrogen-bond donors (Lipinski definition) is 3. The van der Waals surface area contributed by atoms with Crippen LogP contribution in [0.2, 0.25) is 0 Å². The van der Waals surface area contributed by atoms with Crippen LogP contribution >= 0.6 is 0 Å². The smallest absolute Gasteiger partial charge is 0.408 e. The number of ether oxygens (including phenoxy) is 1. The maximum atomic E-state index is 13.2. The molecule has 0 aliphatic heterocycles. The molecule has 2 amide bonds. The van der Waals surface area contributed by atoms with E-state index >= 15 is 0 Å². The number of hydrogen-bond acceptors (Lipinski definition) is 5. The number of nitrogens with one attached hydrogen (secondary N) is 3. The van der Waals surface area contributed by atoms with Gasteiger partial charge in [0.2, 0.25) is 5.91 Å². The van der Waals surface area contributed by atoms with Crippen LogP contribution in [0.1, 0.15) is 17.0 Å². The molecule has 0 fully saturated rings. The van der Waals surface area contributed by atoms with Gasteiger partial charge in [0, 0.05) is 17.7 Å². The van der Waals surface area contributed by atoms with Crippen LogP contribution in [0, 0.1) is 6.92 Å². The molecule has 34 heavy (non-hydrogen) atoms. The molecule has 4 rings (SSSR count). The van der Waals surface area contributed by atoms with E-state index in [9.17, 15) is 9.59 Å². The fraction of sp³-hybridized carbons (Fsp3) is 0.154. The second-order valence-corrected chi connectivity index (χ2v) is 7.76. The number of aromatic amines is 1. The predicted octanol–water partition coefficient (Wildman–Crippen LogP) is 4.26. The van der Waals surface area contributed by atoms with Gasteiger partial charge in [-0.1, -0.05) is 72.8 Å². The minimum absolute atomic E-state index is 0.116. The maximum absolute atomic E-state index is 13.2. The second kappa shape index (κ2) is 10.9. The van der Waals surface area contributed by atoms with Crippen molar-refractivity contribution < 1.29 is 14.3 Å². The molecule has 1 aromatic heterocycles. The molecule has 0 saturated carbocycles. The summed E-state index contributed by atoms with van der Waals surface area (Å²) in [6.07, 6.45) is -0.350. The molecule has 0 spiro atoms. The number of carbonyl (C=O) groups is 2. The summed E-state index contributed by atoms with van der Waals surface area (Å²) >= 11 is 0. The number of alkyl carbamates (subject to hydrolysis) is 1. The van der Waals surface area contributed by atoms with Crippen LogP contribution in [0.4, 0.5) is 10.5 Å². The fourth-order valence-corrected chi connectivity index (χ4v) is 3.40. The van der Waals surface area contributed by atoms with E-state index in [-0.39, 0.29) is 12.5 Å². The van der Waals surface area contributed by atoms with Gasteiger partial charge in [-0.3, -0.25) is 9.89 Å². The standard InChI is InChI=1S/C26H25N5O3/c1-18-27-24(31-30-18)21-13-8-14-22(16-21)28-25(32)23(15-19-9-4-2-5-10-19)29-26(33)34-17-20-11-6-3-7-12-20/h2-14,16,23H,15,17H2,1H3,(H,28,32)(H,29,33)(H,27,30,31)/t23-/m0/s1. The molecule has 4 aromatic rings. The van der Waals surface area contributed by atoms with E-state index in [2.05, 4.69) is 25.8 Å². The highest BCUT2D eigenvalue weighted by Gasteiger charge is 2.22. The van der Waals surface area contributed by atoms with E-state index in [4.69, 9.17) is 4.74 Å². The molecular formula is C26H25N5O3. The lowest BCUT2D eigenvalue weighted by molar-refractivity contribution is -0.118. The van der Waals surface area contributed by atoms with Crippen molar-refractivity contribution in [1.82, 2.24) is 20.5 Å². The van der Waals surface area contributed by atoms with Gasteiger partial charge in [0.05, 0.1) is 0 Å². The van der Waals surface area contributed by atoms with Gasteiger partial charge in [0.1, 0.15) is 18.5 Å². The van der Waals surface area contributed by atoms with Crippen molar-refractivity contribution in [1.29, 1.82) is 0 Å². The summed E-state index contributed by atoms with van der Waals surface area (Å²) in [5.74, 6) is 0.881. The summed E-state index contributed by atoms with van der Waals surface area (Å²) in [4.78, 5) is 30.0. The van der Waals surface area contributed by atoms with Gasteiger partial charge in [-0.25, -0.2) is 9.78 Å². The molecule has 3 aromatic carbocycles. The summed E-state index contributed by atoms with van der Waals surface area (Å²) in [7, 11) is 0. The number of amides is 2. The highest BCUT2D eigenvalue weighted by molar-refractivity contribution is 5.97. The van der Waals surface area contributed by atoms with E-state index in [0.717, 1.165) is 16.7 Å². The Morgan fingerprint density at radius 1 is 0.941 bits per heavy atom. The van der Waals surface area contributed by atoms with Gasteiger partial charge >= 0.3 is 6.09 Å². The lowest BCUT2D eigenvalue weighted by Crippen LogP contribution is -2.45.